The highest BCUT2D eigenvalue weighted by Gasteiger charge is 2.18. The smallest absolute Gasteiger partial charge is 0.315 e. The minimum absolute atomic E-state index is 0.00565. The maximum atomic E-state index is 11.7. The third kappa shape index (κ3) is 5.32. The van der Waals surface area contributed by atoms with Crippen LogP contribution in [-0.4, -0.2) is 49.3 Å². The molecule has 1 aromatic rings. The van der Waals surface area contributed by atoms with Gasteiger partial charge in [0.1, 0.15) is 5.76 Å². The first-order chi connectivity index (χ1) is 9.04. The number of furan rings is 1. The number of aliphatic hydroxyl groups excluding tert-OH is 1. The van der Waals surface area contributed by atoms with Crippen LogP contribution in [0.25, 0.3) is 0 Å². The second-order valence-corrected chi connectivity index (χ2v) is 4.76. The quantitative estimate of drug-likeness (QED) is 0.689. The standard InChI is InChI=1S/C13H23N3O3/c1-10(6-7-17)15-13(18)14-9-11(16(2)3)12-5-4-8-19-12/h4-5,8,10-11,17H,6-7,9H2,1-3H3,(H2,14,15,18)/t10-,11?/m1/s1. The van der Waals surface area contributed by atoms with Gasteiger partial charge in [-0.2, -0.15) is 0 Å². The van der Waals surface area contributed by atoms with Crippen molar-refractivity contribution in [2.45, 2.75) is 25.4 Å². The molecule has 0 fully saturated rings. The van der Waals surface area contributed by atoms with Crippen LogP contribution in [-0.2, 0) is 0 Å². The number of aliphatic hydroxyl groups is 1. The largest absolute Gasteiger partial charge is 0.468 e. The predicted octanol–water partition coefficient (Wildman–Crippen LogP) is 0.952. The van der Waals surface area contributed by atoms with Crippen LogP contribution in [0.4, 0.5) is 4.79 Å². The summed E-state index contributed by atoms with van der Waals surface area (Å²) in [7, 11) is 3.86. The normalized spacial score (nSPS) is 14.2. The van der Waals surface area contributed by atoms with E-state index in [1.165, 1.54) is 0 Å². The molecule has 1 aromatic heterocycles. The Balaban J connectivity index is 2.42. The molecular formula is C13H23N3O3. The Bertz CT molecular complexity index is 365. The molecule has 6 heteroatoms. The lowest BCUT2D eigenvalue weighted by Gasteiger charge is -2.23. The number of rotatable bonds is 7. The van der Waals surface area contributed by atoms with E-state index >= 15 is 0 Å². The molecule has 0 spiro atoms. The van der Waals surface area contributed by atoms with Crippen molar-refractivity contribution in [3.05, 3.63) is 24.2 Å². The number of amides is 2. The van der Waals surface area contributed by atoms with E-state index in [0.29, 0.717) is 13.0 Å². The summed E-state index contributed by atoms with van der Waals surface area (Å²) >= 11 is 0. The highest BCUT2D eigenvalue weighted by molar-refractivity contribution is 5.74. The van der Waals surface area contributed by atoms with Crippen LogP contribution in [0, 0.1) is 0 Å². The fourth-order valence-electron chi connectivity index (χ4n) is 1.75. The monoisotopic (exact) mass is 269 g/mol. The highest BCUT2D eigenvalue weighted by atomic mass is 16.3. The first kappa shape index (κ1) is 15.5. The summed E-state index contributed by atoms with van der Waals surface area (Å²) < 4.78 is 5.36. The van der Waals surface area contributed by atoms with Gasteiger partial charge in [0.2, 0.25) is 0 Å². The number of urea groups is 1. The number of carbonyl (C=O) groups excluding carboxylic acids is 1. The van der Waals surface area contributed by atoms with Gasteiger partial charge in [0.25, 0.3) is 0 Å². The second-order valence-electron chi connectivity index (χ2n) is 4.76. The van der Waals surface area contributed by atoms with E-state index in [9.17, 15) is 4.79 Å². The minimum Gasteiger partial charge on any atom is -0.468 e. The zero-order valence-corrected chi connectivity index (χ0v) is 11.7. The lowest BCUT2D eigenvalue weighted by atomic mass is 10.2. The van der Waals surface area contributed by atoms with Crippen LogP contribution in [0.3, 0.4) is 0 Å². The van der Waals surface area contributed by atoms with Crippen LogP contribution in [0.1, 0.15) is 25.1 Å². The molecule has 19 heavy (non-hydrogen) atoms. The Morgan fingerprint density at radius 2 is 2.26 bits per heavy atom. The van der Waals surface area contributed by atoms with Gasteiger partial charge in [-0.25, -0.2) is 4.79 Å². The predicted molar refractivity (Wildman–Crippen MR) is 72.8 cm³/mol. The van der Waals surface area contributed by atoms with Crippen LogP contribution in [0.5, 0.6) is 0 Å². The molecule has 0 bridgehead atoms. The molecule has 1 rings (SSSR count). The Morgan fingerprint density at radius 1 is 1.53 bits per heavy atom. The molecule has 0 radical (unpaired) electrons. The zero-order chi connectivity index (χ0) is 14.3. The Kier molecular flexibility index (Phi) is 6.38. The summed E-state index contributed by atoms with van der Waals surface area (Å²) in [6.07, 6.45) is 2.16. The van der Waals surface area contributed by atoms with E-state index in [4.69, 9.17) is 9.52 Å². The van der Waals surface area contributed by atoms with E-state index in [1.54, 1.807) is 6.26 Å². The zero-order valence-electron chi connectivity index (χ0n) is 11.7. The summed E-state index contributed by atoms with van der Waals surface area (Å²) in [6.45, 7) is 2.37. The Labute approximate surface area is 113 Å². The van der Waals surface area contributed by atoms with Crippen molar-refractivity contribution >= 4 is 6.03 Å². The molecule has 0 aliphatic rings. The van der Waals surface area contributed by atoms with Crippen molar-refractivity contribution in [3.8, 4) is 0 Å². The molecule has 1 heterocycles. The molecule has 0 saturated carbocycles. The SMILES string of the molecule is C[C@H](CCO)NC(=O)NCC(c1ccco1)N(C)C. The summed E-state index contributed by atoms with van der Waals surface area (Å²) in [5.74, 6) is 0.814. The van der Waals surface area contributed by atoms with Crippen LogP contribution in [0.15, 0.2) is 22.8 Å². The molecule has 108 valence electrons. The molecular weight excluding hydrogens is 246 g/mol. The molecule has 3 N–H and O–H groups in total. The van der Waals surface area contributed by atoms with Gasteiger partial charge in [0.05, 0.1) is 12.3 Å². The first-order valence-corrected chi connectivity index (χ1v) is 6.39. The Hall–Kier alpha value is -1.53. The van der Waals surface area contributed by atoms with Crippen molar-refractivity contribution in [2.75, 3.05) is 27.2 Å². The molecule has 0 saturated heterocycles. The lowest BCUT2D eigenvalue weighted by Crippen LogP contribution is -2.44. The van der Waals surface area contributed by atoms with Crippen molar-refractivity contribution in [1.29, 1.82) is 0 Å². The number of likely N-dealkylation sites (N-methyl/N-ethyl adjacent to an activating group) is 1. The fraction of sp³-hybridized carbons (Fsp3) is 0.615. The van der Waals surface area contributed by atoms with Gasteiger partial charge in [-0.15, -0.1) is 0 Å². The van der Waals surface area contributed by atoms with Gasteiger partial charge in [0.15, 0.2) is 0 Å². The summed E-state index contributed by atoms with van der Waals surface area (Å²) in [6, 6.07) is 3.42. The number of hydrogen-bond acceptors (Lipinski definition) is 4. The van der Waals surface area contributed by atoms with Gasteiger partial charge in [-0.05, 0) is 39.6 Å². The van der Waals surface area contributed by atoms with Gasteiger partial charge in [-0.3, -0.25) is 4.90 Å². The average molecular weight is 269 g/mol. The van der Waals surface area contributed by atoms with Crippen LogP contribution >= 0.6 is 0 Å². The van der Waals surface area contributed by atoms with Crippen molar-refractivity contribution in [1.82, 2.24) is 15.5 Å². The maximum Gasteiger partial charge on any atom is 0.315 e. The summed E-state index contributed by atoms with van der Waals surface area (Å²) in [5, 5.41) is 14.3. The third-order valence-corrected chi connectivity index (χ3v) is 2.89. The van der Waals surface area contributed by atoms with Crippen LogP contribution < -0.4 is 10.6 Å². The maximum absolute atomic E-state index is 11.7. The highest BCUT2D eigenvalue weighted by Crippen LogP contribution is 2.17. The van der Waals surface area contributed by atoms with E-state index in [1.807, 2.05) is 38.1 Å². The van der Waals surface area contributed by atoms with E-state index < -0.39 is 0 Å². The lowest BCUT2D eigenvalue weighted by molar-refractivity contribution is 0.219. The number of hydrogen-bond donors (Lipinski definition) is 3. The van der Waals surface area contributed by atoms with Gasteiger partial charge < -0.3 is 20.2 Å². The molecule has 2 amide bonds. The summed E-state index contributed by atoms with van der Waals surface area (Å²) in [4.78, 5) is 13.7. The molecule has 0 aliphatic carbocycles. The average Bonchev–Trinajstić information content (AvgIpc) is 2.82. The van der Waals surface area contributed by atoms with Gasteiger partial charge >= 0.3 is 6.03 Å². The molecule has 1 unspecified atom stereocenters. The first-order valence-electron chi connectivity index (χ1n) is 6.39. The van der Waals surface area contributed by atoms with E-state index in [2.05, 4.69) is 10.6 Å². The van der Waals surface area contributed by atoms with Crippen molar-refractivity contribution in [3.63, 3.8) is 0 Å². The fourth-order valence-corrected chi connectivity index (χ4v) is 1.75. The minimum atomic E-state index is -0.237. The Morgan fingerprint density at radius 3 is 2.79 bits per heavy atom. The topological polar surface area (TPSA) is 77.7 Å². The second kappa shape index (κ2) is 7.81. The molecule has 2 atom stereocenters. The van der Waals surface area contributed by atoms with Crippen LogP contribution in [0.2, 0.25) is 0 Å². The molecule has 0 aliphatic heterocycles. The third-order valence-electron chi connectivity index (χ3n) is 2.89. The summed E-state index contributed by atoms with van der Waals surface area (Å²) in [5.41, 5.74) is 0. The molecule has 6 nitrogen and oxygen atoms in total. The molecule has 0 aromatic carbocycles. The van der Waals surface area contributed by atoms with Crippen molar-refractivity contribution in [2.24, 2.45) is 0 Å². The number of nitrogens with one attached hydrogen (secondary N) is 2. The van der Waals surface area contributed by atoms with Gasteiger partial charge in [-0.1, -0.05) is 0 Å². The van der Waals surface area contributed by atoms with E-state index in [-0.39, 0.29) is 24.7 Å². The van der Waals surface area contributed by atoms with E-state index in [0.717, 1.165) is 5.76 Å². The van der Waals surface area contributed by atoms with Gasteiger partial charge in [0, 0.05) is 19.2 Å². The number of nitrogens with zero attached hydrogens (tertiary/aromatic N) is 1. The van der Waals surface area contributed by atoms with Crippen molar-refractivity contribution < 1.29 is 14.3 Å². The number of carbonyl (C=O) groups is 1.